The minimum Gasteiger partial charge on any atom is -0.307 e. The first-order valence-electron chi connectivity index (χ1n) is 12.1. The molecule has 0 fully saturated rings. The zero-order chi connectivity index (χ0) is 84.0. The van der Waals surface area contributed by atoms with Gasteiger partial charge in [-0.2, -0.15) is 0 Å². The molecule has 0 bridgehead atoms. The number of hydrogen-bond donors (Lipinski definition) is 0. The van der Waals surface area contributed by atoms with Crippen molar-refractivity contribution in [3.05, 3.63) is 0 Å². The van der Waals surface area contributed by atoms with E-state index in [1.807, 2.05) is 285 Å². The maximum atomic E-state index is 8.00. The van der Waals surface area contributed by atoms with Gasteiger partial charge in [-0.15, -0.1) is 0 Å². The van der Waals surface area contributed by atoms with Gasteiger partial charge >= 0.3 is 0 Å². The summed E-state index contributed by atoms with van der Waals surface area (Å²) in [7, 11) is 0. The summed E-state index contributed by atoms with van der Waals surface area (Å²) in [5, 5.41) is 0. The van der Waals surface area contributed by atoms with Gasteiger partial charge in [-0.25, -0.2) is 0 Å². The first-order valence-corrected chi connectivity index (χ1v) is 12.1. The predicted molar refractivity (Wildman–Crippen MR) is 299 cm³/mol. The summed E-state index contributed by atoms with van der Waals surface area (Å²) in [5.74, 6) is 0. The first kappa shape index (κ1) is 466. The Balaban J connectivity index is -0.00000000466. The zero-order valence-corrected chi connectivity index (χ0v) is 56.5. The molecule has 0 aromatic heterocycles. The Morgan fingerprint density at radius 3 is 0.0568 bits per heavy atom. The molecule has 534 valence electrons. The topological polar surface area (TPSA) is 717 Å². The van der Waals surface area contributed by atoms with Gasteiger partial charge in [0.1, 0.15) is 285 Å². The Morgan fingerprint density at radius 1 is 0.0568 bits per heavy atom. The molecule has 0 amide bonds. The molecule has 0 radical (unpaired) electrons. The van der Waals surface area contributed by atoms with E-state index in [-0.39, 0.29) is 79.5 Å². The molecular weight excluding hydrogens is 1660 g/mol. The smallest absolute Gasteiger partial charge is 0.106 e. The van der Waals surface area contributed by atoms with Crippen LogP contribution in [0.4, 0.5) is 0 Å². The second-order valence-corrected chi connectivity index (χ2v) is 0. The van der Waals surface area contributed by atoms with E-state index in [9.17, 15) is 0 Å². The third kappa shape index (κ3) is 3180. The average Bonchev–Trinajstić information content (AvgIpc) is 3.74. The van der Waals surface area contributed by atoms with Crippen LogP contribution in [-0.2, 0) is 281 Å². The van der Waals surface area contributed by atoms with Crippen molar-refractivity contribution < 1.29 is 281 Å². The summed E-state index contributed by atoms with van der Waals surface area (Å²) >= 11 is 0. The van der Waals surface area contributed by atoms with Crippen LogP contribution >= 0.6 is 0 Å². The van der Waals surface area contributed by atoms with Crippen molar-refractivity contribution in [2.75, 3.05) is 0 Å². The van der Waals surface area contributed by atoms with Crippen LogP contribution in [0.25, 0.3) is 0 Å². The molecule has 0 aliphatic carbocycles. The van der Waals surface area contributed by atoms with Gasteiger partial charge in [0.05, 0.1) is 0 Å². The monoisotopic (exact) mass is 1750 g/mol. The molecular formula is C42H84O42Ru3W. The fourth-order valence-corrected chi connectivity index (χ4v) is 0. The molecule has 0 spiro atoms. The van der Waals surface area contributed by atoms with Crippen molar-refractivity contribution in [2.24, 2.45) is 0 Å². The molecule has 0 saturated carbocycles. The summed E-state index contributed by atoms with van der Waals surface area (Å²) in [6.45, 7) is 84.0. The SMILES string of the molecule is C=O.C=O.C=O.C=O.C=O.C=O.C=O.C=O.C=O.C=O.C=O.C=O.C=O.C=O.C=O.C=O.C=O.C=O.C=O.C=O.C=O.C=O.C=O.C=O.C=O.C=O.C=O.C=O.C=O.C=O.C=O.C=O.C=O.C=O.C=O.C=O.C=O.C=O.C=O.C=O.C=O.C=O.[Ru].[Ru].[Ru].[W]. The molecule has 0 aromatic carbocycles. The van der Waals surface area contributed by atoms with Gasteiger partial charge in [0, 0.05) is 79.5 Å². The average molecular weight is 1750 g/mol. The molecule has 0 N–H and O–H groups in total. The van der Waals surface area contributed by atoms with E-state index in [0.717, 1.165) is 0 Å². The molecule has 46 heteroatoms. The van der Waals surface area contributed by atoms with E-state index in [1.54, 1.807) is 0 Å². The third-order valence-electron chi connectivity index (χ3n) is 0. The number of rotatable bonds is 0. The largest absolute Gasteiger partial charge is 0.307 e. The van der Waals surface area contributed by atoms with Crippen molar-refractivity contribution in [1.29, 1.82) is 0 Å². The van der Waals surface area contributed by atoms with Crippen molar-refractivity contribution in [3.8, 4) is 0 Å². The molecule has 0 saturated heterocycles. The van der Waals surface area contributed by atoms with Crippen LogP contribution in [0.2, 0.25) is 0 Å². The minimum atomic E-state index is 0. The Labute approximate surface area is 563 Å². The second kappa shape index (κ2) is 3310. The Hall–Kier alpha value is -11.3. The summed E-state index contributed by atoms with van der Waals surface area (Å²) in [6, 6.07) is 0. The van der Waals surface area contributed by atoms with Gasteiger partial charge in [0.25, 0.3) is 0 Å². The van der Waals surface area contributed by atoms with Crippen LogP contribution in [0.3, 0.4) is 0 Å². The van der Waals surface area contributed by atoms with Crippen LogP contribution in [0.5, 0.6) is 0 Å². The van der Waals surface area contributed by atoms with Gasteiger partial charge in [0.15, 0.2) is 0 Å². The van der Waals surface area contributed by atoms with E-state index < -0.39 is 0 Å². The van der Waals surface area contributed by atoms with Crippen molar-refractivity contribution in [1.82, 2.24) is 0 Å². The van der Waals surface area contributed by atoms with Gasteiger partial charge in [-0.05, 0) is 0 Å². The van der Waals surface area contributed by atoms with Crippen LogP contribution in [-0.4, -0.2) is 285 Å². The molecule has 0 atom stereocenters. The molecule has 0 heterocycles. The van der Waals surface area contributed by atoms with E-state index >= 15 is 0 Å². The summed E-state index contributed by atoms with van der Waals surface area (Å²) in [5.41, 5.74) is 0. The molecule has 88 heavy (non-hydrogen) atoms. The third-order valence-corrected chi connectivity index (χ3v) is 0. The summed E-state index contributed by atoms with van der Waals surface area (Å²) < 4.78 is 0. The van der Waals surface area contributed by atoms with Gasteiger partial charge in [0.2, 0.25) is 0 Å². The molecule has 0 rings (SSSR count). The second-order valence-electron chi connectivity index (χ2n) is 0. The maximum Gasteiger partial charge on any atom is 0.106 e. The van der Waals surface area contributed by atoms with E-state index in [1.165, 1.54) is 0 Å². The standard InChI is InChI=1S/42CH2O.3Ru.W/c42*1-2;;;;/h42*1H2;;;;. The van der Waals surface area contributed by atoms with Crippen LogP contribution in [0.15, 0.2) is 0 Å². The van der Waals surface area contributed by atoms with E-state index in [0.29, 0.717) is 0 Å². The van der Waals surface area contributed by atoms with Crippen LogP contribution < -0.4 is 0 Å². The van der Waals surface area contributed by atoms with Crippen molar-refractivity contribution in [2.45, 2.75) is 0 Å². The number of carbonyl (C=O) groups excluding carboxylic acids is 42. The predicted octanol–water partition coefficient (Wildman–Crippen LogP) is -7.78. The van der Waals surface area contributed by atoms with Crippen molar-refractivity contribution in [3.63, 3.8) is 0 Å². The van der Waals surface area contributed by atoms with E-state index in [2.05, 4.69) is 0 Å². The molecule has 42 nitrogen and oxygen atoms in total. The Kier molecular flexibility index (Phi) is 17500. The van der Waals surface area contributed by atoms with Crippen molar-refractivity contribution >= 4 is 285 Å². The fraction of sp³-hybridized carbons (Fsp3) is 0. The molecule has 0 unspecified atom stereocenters. The normalized spacial score (nSPS) is 1.91. The minimum absolute atomic E-state index is 0. The van der Waals surface area contributed by atoms with Gasteiger partial charge in [-0.1, -0.05) is 0 Å². The summed E-state index contributed by atoms with van der Waals surface area (Å²) in [4.78, 5) is 336. The molecule has 0 aromatic rings. The van der Waals surface area contributed by atoms with Crippen LogP contribution in [0.1, 0.15) is 0 Å². The number of carbonyl (C=O) groups is 42. The summed E-state index contributed by atoms with van der Waals surface area (Å²) in [6.07, 6.45) is 0. The van der Waals surface area contributed by atoms with Crippen LogP contribution in [0, 0.1) is 0 Å². The molecule has 0 aliphatic heterocycles. The van der Waals surface area contributed by atoms with E-state index in [4.69, 9.17) is 201 Å². The van der Waals surface area contributed by atoms with Gasteiger partial charge < -0.3 is 201 Å². The Morgan fingerprint density at radius 2 is 0.0568 bits per heavy atom. The maximum absolute atomic E-state index is 8.00. The fourth-order valence-electron chi connectivity index (χ4n) is 0. The Bertz CT molecular complexity index is 337. The van der Waals surface area contributed by atoms with Gasteiger partial charge in [-0.3, -0.25) is 0 Å². The quantitative estimate of drug-likeness (QED) is 0.203. The number of hydrogen-bond acceptors (Lipinski definition) is 42. The zero-order valence-electron chi connectivity index (χ0n) is 48.3. The first-order chi connectivity index (χ1) is 42.0. The molecule has 0 aliphatic rings.